The number of carbonyl (C=O) groups excluding carboxylic acids is 2. The Morgan fingerprint density at radius 3 is 2.69 bits per heavy atom. The molecule has 0 saturated heterocycles. The van der Waals surface area contributed by atoms with Gasteiger partial charge in [-0.15, -0.1) is 0 Å². The molecule has 2 aliphatic rings. The summed E-state index contributed by atoms with van der Waals surface area (Å²) >= 11 is 1.78. The Hall–Kier alpha value is -2.48. The molecule has 1 aromatic carbocycles. The first-order valence-corrected chi connectivity index (χ1v) is 11.2. The lowest BCUT2D eigenvalue weighted by molar-refractivity contribution is -0.122. The van der Waals surface area contributed by atoms with Crippen LogP contribution in [0.5, 0.6) is 5.75 Å². The molecule has 1 fully saturated rings. The van der Waals surface area contributed by atoms with Crippen molar-refractivity contribution >= 4 is 29.4 Å². The maximum absolute atomic E-state index is 12.6. The molecule has 7 nitrogen and oxygen atoms in total. The minimum absolute atomic E-state index is 0.0574. The highest BCUT2D eigenvalue weighted by atomic mass is 32.2. The second kappa shape index (κ2) is 8.90. The topological polar surface area (TPSA) is 85.2 Å². The van der Waals surface area contributed by atoms with Crippen LogP contribution in [-0.2, 0) is 34.2 Å². The summed E-state index contributed by atoms with van der Waals surface area (Å²) in [5, 5.41) is 10.6. The van der Waals surface area contributed by atoms with Gasteiger partial charge < -0.3 is 15.4 Å². The normalized spacial score (nSPS) is 15.9. The third kappa shape index (κ3) is 4.58. The van der Waals surface area contributed by atoms with Crippen molar-refractivity contribution in [3.05, 3.63) is 41.1 Å². The largest absolute Gasteiger partial charge is 0.497 e. The maximum Gasteiger partial charge on any atom is 0.242 e. The summed E-state index contributed by atoms with van der Waals surface area (Å²) in [6.07, 6.45) is 4.11. The van der Waals surface area contributed by atoms with Crippen molar-refractivity contribution in [1.82, 2.24) is 15.1 Å². The van der Waals surface area contributed by atoms with Gasteiger partial charge in [-0.05, 0) is 30.5 Å². The maximum atomic E-state index is 12.6. The summed E-state index contributed by atoms with van der Waals surface area (Å²) in [5.41, 5.74) is 3.03. The summed E-state index contributed by atoms with van der Waals surface area (Å²) in [7, 11) is 1.62. The number of thioether (sulfide) groups is 1. The fourth-order valence-corrected chi connectivity index (χ4v) is 4.90. The van der Waals surface area contributed by atoms with Crippen molar-refractivity contribution in [2.45, 2.75) is 50.3 Å². The van der Waals surface area contributed by atoms with Gasteiger partial charge in [-0.3, -0.25) is 9.59 Å². The van der Waals surface area contributed by atoms with Gasteiger partial charge in [-0.25, -0.2) is 4.68 Å². The molecule has 4 rings (SSSR count). The highest BCUT2D eigenvalue weighted by Gasteiger charge is 2.28. The third-order valence-electron chi connectivity index (χ3n) is 5.53. The zero-order valence-corrected chi connectivity index (χ0v) is 17.4. The quantitative estimate of drug-likeness (QED) is 0.727. The van der Waals surface area contributed by atoms with Crippen molar-refractivity contribution in [3.8, 4) is 5.75 Å². The van der Waals surface area contributed by atoms with Gasteiger partial charge in [0.2, 0.25) is 11.8 Å². The number of fused-ring (bicyclic) bond motifs is 1. The number of aromatic nitrogens is 2. The summed E-state index contributed by atoms with van der Waals surface area (Å²) in [6.45, 7) is 0.525. The van der Waals surface area contributed by atoms with Crippen LogP contribution in [0.25, 0.3) is 0 Å². The number of hydrogen-bond acceptors (Lipinski definition) is 5. The average Bonchev–Trinajstić information content (AvgIpc) is 3.47. The first kappa shape index (κ1) is 19.8. The Labute approximate surface area is 174 Å². The lowest BCUT2D eigenvalue weighted by Crippen LogP contribution is -2.29. The minimum atomic E-state index is -0.133. The van der Waals surface area contributed by atoms with E-state index in [0.29, 0.717) is 12.4 Å². The molecule has 8 heteroatoms. The smallest absolute Gasteiger partial charge is 0.242 e. The summed E-state index contributed by atoms with van der Waals surface area (Å²) in [4.78, 5) is 25.2. The molecule has 1 aliphatic carbocycles. The first-order valence-electron chi connectivity index (χ1n) is 10.0. The van der Waals surface area contributed by atoms with Crippen LogP contribution in [0.3, 0.4) is 0 Å². The van der Waals surface area contributed by atoms with Gasteiger partial charge in [0.25, 0.3) is 0 Å². The lowest BCUT2D eigenvalue weighted by atomic mass is 10.1. The number of anilines is 1. The van der Waals surface area contributed by atoms with Crippen LogP contribution in [0.1, 0.15) is 42.5 Å². The lowest BCUT2D eigenvalue weighted by Gasteiger charge is -2.14. The summed E-state index contributed by atoms with van der Waals surface area (Å²) < 4.78 is 6.80. The second-order valence-corrected chi connectivity index (χ2v) is 8.51. The van der Waals surface area contributed by atoms with E-state index in [1.54, 1.807) is 23.6 Å². The van der Waals surface area contributed by atoms with E-state index >= 15 is 0 Å². The van der Waals surface area contributed by atoms with E-state index < -0.39 is 0 Å². The Morgan fingerprint density at radius 2 is 1.97 bits per heavy atom. The summed E-state index contributed by atoms with van der Waals surface area (Å²) in [5.74, 6) is 3.12. The van der Waals surface area contributed by atoms with Gasteiger partial charge in [-0.1, -0.05) is 25.0 Å². The molecule has 0 bridgehead atoms. The van der Waals surface area contributed by atoms with Crippen molar-refractivity contribution in [1.29, 1.82) is 0 Å². The summed E-state index contributed by atoms with van der Waals surface area (Å²) in [6, 6.07) is 7.58. The van der Waals surface area contributed by atoms with E-state index in [4.69, 9.17) is 4.74 Å². The molecule has 2 amide bonds. The van der Waals surface area contributed by atoms with Crippen LogP contribution in [0.4, 0.5) is 5.82 Å². The number of amides is 2. The molecule has 1 aliphatic heterocycles. The van der Waals surface area contributed by atoms with Gasteiger partial charge in [0, 0.05) is 29.5 Å². The first-order chi connectivity index (χ1) is 14.1. The van der Waals surface area contributed by atoms with Crippen molar-refractivity contribution in [2.24, 2.45) is 5.92 Å². The molecule has 0 unspecified atom stereocenters. The molecule has 2 N–H and O–H groups in total. The van der Waals surface area contributed by atoms with Gasteiger partial charge >= 0.3 is 0 Å². The number of rotatable bonds is 7. The third-order valence-corrected chi connectivity index (χ3v) is 6.50. The predicted molar refractivity (Wildman–Crippen MR) is 113 cm³/mol. The fraction of sp³-hybridized carbons (Fsp3) is 0.476. The van der Waals surface area contributed by atoms with Crippen molar-refractivity contribution in [2.75, 3.05) is 12.4 Å². The molecule has 2 aromatic rings. The van der Waals surface area contributed by atoms with Gasteiger partial charge in [-0.2, -0.15) is 16.9 Å². The van der Waals surface area contributed by atoms with Crippen LogP contribution in [0.15, 0.2) is 24.3 Å². The molecule has 0 spiro atoms. The van der Waals surface area contributed by atoms with Crippen LogP contribution in [0, 0.1) is 5.92 Å². The molecule has 0 radical (unpaired) electrons. The molecule has 0 atom stereocenters. The zero-order chi connectivity index (χ0) is 20.2. The van der Waals surface area contributed by atoms with Crippen LogP contribution >= 0.6 is 11.8 Å². The van der Waals surface area contributed by atoms with E-state index in [0.717, 1.165) is 59.8 Å². The van der Waals surface area contributed by atoms with Crippen LogP contribution in [0.2, 0.25) is 0 Å². The standard InChI is InChI=1S/C21H26N4O3S/c1-28-16-8-6-14(7-9-16)10-22-19(26)11-25-20(17-12-29-13-18(17)24-25)23-21(27)15-4-2-3-5-15/h6-9,15H,2-5,10-13H2,1H3,(H,22,26)(H,23,27). The minimum Gasteiger partial charge on any atom is -0.497 e. The Bertz CT molecular complexity index is 888. The molecule has 2 heterocycles. The number of methoxy groups -OCH3 is 1. The van der Waals surface area contributed by atoms with Gasteiger partial charge in [0.1, 0.15) is 18.1 Å². The van der Waals surface area contributed by atoms with Crippen LogP contribution < -0.4 is 15.4 Å². The SMILES string of the molecule is COc1ccc(CNC(=O)Cn2nc3c(c2NC(=O)C2CCCC2)CSC3)cc1. The van der Waals surface area contributed by atoms with E-state index in [1.807, 2.05) is 24.3 Å². The van der Waals surface area contributed by atoms with Gasteiger partial charge in [0.05, 0.1) is 12.8 Å². The Balaban J connectivity index is 1.40. The molecule has 1 saturated carbocycles. The zero-order valence-electron chi connectivity index (χ0n) is 16.6. The number of hydrogen-bond donors (Lipinski definition) is 2. The van der Waals surface area contributed by atoms with Crippen molar-refractivity contribution < 1.29 is 14.3 Å². The second-order valence-electron chi connectivity index (χ2n) is 7.52. The number of carbonyl (C=O) groups is 2. The molecular weight excluding hydrogens is 388 g/mol. The van der Waals surface area contributed by atoms with E-state index in [2.05, 4.69) is 15.7 Å². The van der Waals surface area contributed by atoms with Crippen molar-refractivity contribution in [3.63, 3.8) is 0 Å². The Morgan fingerprint density at radius 1 is 1.21 bits per heavy atom. The highest BCUT2D eigenvalue weighted by Crippen LogP contribution is 2.35. The molecular formula is C21H26N4O3S. The van der Waals surface area contributed by atoms with Crippen LogP contribution in [-0.4, -0.2) is 28.7 Å². The number of nitrogens with zero attached hydrogens (tertiary/aromatic N) is 2. The van der Waals surface area contributed by atoms with E-state index in [1.165, 1.54) is 0 Å². The monoisotopic (exact) mass is 414 g/mol. The van der Waals surface area contributed by atoms with E-state index in [9.17, 15) is 9.59 Å². The highest BCUT2D eigenvalue weighted by molar-refractivity contribution is 7.98. The van der Waals surface area contributed by atoms with E-state index in [-0.39, 0.29) is 24.3 Å². The number of benzene rings is 1. The Kier molecular flexibility index (Phi) is 6.08. The van der Waals surface area contributed by atoms with Gasteiger partial charge in [0.15, 0.2) is 0 Å². The number of ether oxygens (including phenoxy) is 1. The average molecular weight is 415 g/mol. The molecule has 154 valence electrons. The molecule has 1 aromatic heterocycles. The fourth-order valence-electron chi connectivity index (χ4n) is 3.86. The number of nitrogens with one attached hydrogen (secondary N) is 2. The molecule has 29 heavy (non-hydrogen) atoms. The predicted octanol–water partition coefficient (Wildman–Crippen LogP) is 3.08.